The minimum absolute atomic E-state index is 0.488. The second-order valence-electron chi connectivity index (χ2n) is 4.15. The zero-order chi connectivity index (χ0) is 13.8. The molecule has 0 aliphatic rings. The number of anilines is 1. The number of aryl methyl sites for hydroxylation is 2. The smallest absolute Gasteiger partial charge is 0.224 e. The maximum atomic E-state index is 6.14. The van der Waals surface area contributed by atoms with Gasteiger partial charge in [0.05, 0.1) is 5.02 Å². The lowest BCUT2D eigenvalue weighted by Gasteiger charge is -2.09. The third kappa shape index (κ3) is 3.35. The second kappa shape index (κ2) is 5.89. The highest BCUT2D eigenvalue weighted by Gasteiger charge is 2.07. The van der Waals surface area contributed by atoms with Crippen LogP contribution in [0.4, 0.5) is 5.82 Å². The molecule has 2 aromatic rings. The van der Waals surface area contributed by atoms with Gasteiger partial charge in [0.2, 0.25) is 5.88 Å². The first-order chi connectivity index (χ1) is 9.12. The van der Waals surface area contributed by atoms with Gasteiger partial charge in [0.15, 0.2) is 0 Å². The summed E-state index contributed by atoms with van der Waals surface area (Å²) in [5.74, 6) is 2.53. The van der Waals surface area contributed by atoms with Crippen LogP contribution < -0.4 is 10.1 Å². The molecule has 1 heterocycles. The fraction of sp³-hybridized carbons (Fsp3) is 0.286. The van der Waals surface area contributed by atoms with E-state index in [9.17, 15) is 0 Å². The van der Waals surface area contributed by atoms with Crippen molar-refractivity contribution in [3.63, 3.8) is 0 Å². The number of halogens is 1. The van der Waals surface area contributed by atoms with Crippen LogP contribution in [0.15, 0.2) is 24.3 Å². The van der Waals surface area contributed by atoms with E-state index in [1.54, 1.807) is 6.07 Å². The molecule has 1 aromatic carbocycles. The van der Waals surface area contributed by atoms with Crippen LogP contribution in [0.5, 0.6) is 11.6 Å². The van der Waals surface area contributed by atoms with Gasteiger partial charge in [-0.3, -0.25) is 0 Å². The molecule has 0 saturated carbocycles. The predicted octanol–water partition coefficient (Wildman–Crippen LogP) is 3.83. The van der Waals surface area contributed by atoms with Crippen LogP contribution in [0, 0.1) is 6.92 Å². The molecule has 0 saturated heterocycles. The Kier molecular flexibility index (Phi) is 4.22. The third-order valence-corrected chi connectivity index (χ3v) is 2.92. The molecule has 0 bridgehead atoms. The van der Waals surface area contributed by atoms with Gasteiger partial charge in [-0.05, 0) is 24.6 Å². The SMILES string of the molecule is CCc1nc(NC)cc(Oc2ccc(C)cc2Cl)n1. The number of nitrogens with one attached hydrogen (secondary N) is 1. The van der Waals surface area contributed by atoms with Crippen molar-refractivity contribution < 1.29 is 4.74 Å². The standard InChI is InChI=1S/C14H16ClN3O/c1-4-12-17-13(16-3)8-14(18-12)19-11-6-5-9(2)7-10(11)15/h5-8H,4H2,1-3H3,(H,16,17,18). The molecule has 19 heavy (non-hydrogen) atoms. The molecule has 0 unspecified atom stereocenters. The lowest BCUT2D eigenvalue weighted by Crippen LogP contribution is -2.01. The highest BCUT2D eigenvalue weighted by atomic mass is 35.5. The summed E-state index contributed by atoms with van der Waals surface area (Å²) in [6, 6.07) is 7.39. The van der Waals surface area contributed by atoms with Gasteiger partial charge in [-0.25, -0.2) is 4.98 Å². The average Bonchev–Trinajstić information content (AvgIpc) is 2.41. The van der Waals surface area contributed by atoms with E-state index in [0.717, 1.165) is 23.6 Å². The number of hydrogen-bond acceptors (Lipinski definition) is 4. The number of rotatable bonds is 4. The summed E-state index contributed by atoms with van der Waals surface area (Å²) in [6.45, 7) is 3.98. The molecule has 0 aliphatic heterocycles. The molecule has 1 aromatic heterocycles. The number of hydrogen-bond donors (Lipinski definition) is 1. The van der Waals surface area contributed by atoms with Crippen LogP contribution in [-0.2, 0) is 6.42 Å². The molecule has 0 fully saturated rings. The minimum atomic E-state index is 0.488. The molecule has 5 heteroatoms. The topological polar surface area (TPSA) is 47.0 Å². The summed E-state index contributed by atoms with van der Waals surface area (Å²) >= 11 is 6.14. The first-order valence-electron chi connectivity index (χ1n) is 6.12. The quantitative estimate of drug-likeness (QED) is 0.922. The fourth-order valence-corrected chi connectivity index (χ4v) is 1.89. The van der Waals surface area contributed by atoms with Crippen molar-refractivity contribution in [3.8, 4) is 11.6 Å². The van der Waals surface area contributed by atoms with E-state index in [-0.39, 0.29) is 0 Å². The first kappa shape index (κ1) is 13.6. The van der Waals surface area contributed by atoms with Crippen molar-refractivity contribution in [1.29, 1.82) is 0 Å². The molecule has 0 amide bonds. The number of ether oxygens (including phenoxy) is 1. The molecule has 1 N–H and O–H groups in total. The maximum Gasteiger partial charge on any atom is 0.224 e. The second-order valence-corrected chi connectivity index (χ2v) is 4.55. The highest BCUT2D eigenvalue weighted by Crippen LogP contribution is 2.29. The lowest BCUT2D eigenvalue weighted by molar-refractivity contribution is 0.459. The summed E-state index contributed by atoms with van der Waals surface area (Å²) < 4.78 is 5.73. The van der Waals surface area contributed by atoms with Gasteiger partial charge in [0, 0.05) is 19.5 Å². The normalized spacial score (nSPS) is 10.3. The average molecular weight is 278 g/mol. The molecular formula is C14H16ClN3O. The van der Waals surface area contributed by atoms with Gasteiger partial charge in [0.25, 0.3) is 0 Å². The van der Waals surface area contributed by atoms with Gasteiger partial charge in [0.1, 0.15) is 17.4 Å². The van der Waals surface area contributed by atoms with Crippen molar-refractivity contribution in [3.05, 3.63) is 40.7 Å². The number of benzene rings is 1. The molecule has 0 atom stereocenters. The van der Waals surface area contributed by atoms with Crippen LogP contribution in [0.3, 0.4) is 0 Å². The van der Waals surface area contributed by atoms with Crippen molar-refractivity contribution in [2.24, 2.45) is 0 Å². The van der Waals surface area contributed by atoms with E-state index in [0.29, 0.717) is 16.7 Å². The van der Waals surface area contributed by atoms with E-state index in [1.807, 2.05) is 39.1 Å². The Balaban J connectivity index is 2.31. The molecule has 2 rings (SSSR count). The van der Waals surface area contributed by atoms with Gasteiger partial charge in [-0.1, -0.05) is 24.6 Å². The first-order valence-corrected chi connectivity index (χ1v) is 6.50. The Morgan fingerprint density at radius 1 is 1.26 bits per heavy atom. The van der Waals surface area contributed by atoms with E-state index in [2.05, 4.69) is 15.3 Å². The van der Waals surface area contributed by atoms with Crippen LogP contribution in [0.1, 0.15) is 18.3 Å². The number of nitrogens with zero attached hydrogens (tertiary/aromatic N) is 2. The minimum Gasteiger partial charge on any atom is -0.437 e. The monoisotopic (exact) mass is 277 g/mol. The largest absolute Gasteiger partial charge is 0.437 e. The Labute approximate surface area is 117 Å². The maximum absolute atomic E-state index is 6.14. The van der Waals surface area contributed by atoms with Crippen molar-refractivity contribution in [2.45, 2.75) is 20.3 Å². The number of aromatic nitrogens is 2. The Bertz CT molecular complexity index is 565. The summed E-state index contributed by atoms with van der Waals surface area (Å²) in [5.41, 5.74) is 1.09. The van der Waals surface area contributed by atoms with Crippen molar-refractivity contribution in [1.82, 2.24) is 9.97 Å². The molecule has 0 aliphatic carbocycles. The van der Waals surface area contributed by atoms with Crippen LogP contribution in [0.2, 0.25) is 5.02 Å². The van der Waals surface area contributed by atoms with Gasteiger partial charge >= 0.3 is 0 Å². The molecule has 0 radical (unpaired) electrons. The molecular weight excluding hydrogens is 262 g/mol. The van der Waals surface area contributed by atoms with Crippen LogP contribution >= 0.6 is 11.6 Å². The molecule has 0 spiro atoms. The van der Waals surface area contributed by atoms with Crippen molar-refractivity contribution >= 4 is 17.4 Å². The fourth-order valence-electron chi connectivity index (χ4n) is 1.61. The highest BCUT2D eigenvalue weighted by molar-refractivity contribution is 6.32. The zero-order valence-electron chi connectivity index (χ0n) is 11.2. The van der Waals surface area contributed by atoms with Gasteiger partial charge in [-0.15, -0.1) is 0 Å². The Morgan fingerprint density at radius 2 is 2.05 bits per heavy atom. The summed E-state index contributed by atoms with van der Waals surface area (Å²) in [6.07, 6.45) is 0.744. The third-order valence-electron chi connectivity index (χ3n) is 2.62. The Morgan fingerprint density at radius 3 is 2.68 bits per heavy atom. The van der Waals surface area contributed by atoms with Crippen LogP contribution in [-0.4, -0.2) is 17.0 Å². The van der Waals surface area contributed by atoms with Gasteiger partial charge < -0.3 is 10.1 Å². The zero-order valence-corrected chi connectivity index (χ0v) is 12.0. The molecule has 4 nitrogen and oxygen atoms in total. The lowest BCUT2D eigenvalue weighted by atomic mass is 10.2. The summed E-state index contributed by atoms with van der Waals surface area (Å²) in [4.78, 5) is 8.64. The van der Waals surface area contributed by atoms with Gasteiger partial charge in [-0.2, -0.15) is 4.98 Å². The van der Waals surface area contributed by atoms with E-state index in [4.69, 9.17) is 16.3 Å². The Hall–Kier alpha value is -1.81. The van der Waals surface area contributed by atoms with E-state index >= 15 is 0 Å². The van der Waals surface area contributed by atoms with E-state index in [1.165, 1.54) is 0 Å². The van der Waals surface area contributed by atoms with E-state index < -0.39 is 0 Å². The predicted molar refractivity (Wildman–Crippen MR) is 77.2 cm³/mol. The van der Waals surface area contributed by atoms with Crippen molar-refractivity contribution in [2.75, 3.05) is 12.4 Å². The summed E-state index contributed by atoms with van der Waals surface area (Å²) in [7, 11) is 1.81. The molecule has 100 valence electrons. The summed E-state index contributed by atoms with van der Waals surface area (Å²) in [5, 5.41) is 3.56. The van der Waals surface area contributed by atoms with Crippen LogP contribution in [0.25, 0.3) is 0 Å².